The zero-order chi connectivity index (χ0) is 16.4. The summed E-state index contributed by atoms with van der Waals surface area (Å²) in [5.41, 5.74) is 0.362. The maximum absolute atomic E-state index is 12.9. The fourth-order valence-corrected chi connectivity index (χ4v) is 2.74. The van der Waals surface area contributed by atoms with Gasteiger partial charge in [0.15, 0.2) is 5.82 Å². The first-order valence-electron chi connectivity index (χ1n) is 7.34. The number of halogens is 1. The van der Waals surface area contributed by atoms with Gasteiger partial charge >= 0.3 is 0 Å². The molecular weight excluding hydrogens is 318 g/mol. The van der Waals surface area contributed by atoms with Crippen molar-refractivity contribution < 1.29 is 14.1 Å². The summed E-state index contributed by atoms with van der Waals surface area (Å²) in [6, 6.07) is 8.47. The van der Waals surface area contributed by atoms with E-state index in [0.29, 0.717) is 35.1 Å². The molecule has 0 saturated carbocycles. The van der Waals surface area contributed by atoms with E-state index in [9.17, 15) is 9.59 Å². The van der Waals surface area contributed by atoms with Crippen LogP contribution in [0.4, 0.5) is 5.82 Å². The van der Waals surface area contributed by atoms with Gasteiger partial charge in [-0.05, 0) is 25.5 Å². The van der Waals surface area contributed by atoms with Gasteiger partial charge in [0.25, 0.3) is 5.91 Å². The third-order valence-corrected chi connectivity index (χ3v) is 4.05. The average molecular weight is 334 g/mol. The topological polar surface area (TPSA) is 66.7 Å². The lowest BCUT2D eigenvalue weighted by molar-refractivity contribution is -0.127. The molecular formula is C16H16ClN3O3. The molecule has 0 spiro atoms. The third-order valence-electron chi connectivity index (χ3n) is 3.73. The van der Waals surface area contributed by atoms with Gasteiger partial charge in [-0.3, -0.25) is 14.5 Å². The van der Waals surface area contributed by atoms with Gasteiger partial charge in [0, 0.05) is 19.0 Å². The molecule has 6 nitrogen and oxygen atoms in total. The maximum Gasteiger partial charge on any atom is 0.262 e. The number of benzene rings is 1. The minimum absolute atomic E-state index is 0.0298. The number of carbonyl (C=O) groups excluding carboxylic acids is 2. The van der Waals surface area contributed by atoms with E-state index < -0.39 is 0 Å². The lowest BCUT2D eigenvalue weighted by Gasteiger charge is -2.26. The Hall–Kier alpha value is -2.34. The first kappa shape index (κ1) is 15.6. The van der Waals surface area contributed by atoms with Gasteiger partial charge in [0.1, 0.15) is 12.4 Å². The first-order chi connectivity index (χ1) is 11.1. The molecule has 23 heavy (non-hydrogen) atoms. The molecule has 0 atom stereocenters. The van der Waals surface area contributed by atoms with Crippen LogP contribution in [0, 0.1) is 6.92 Å². The van der Waals surface area contributed by atoms with Crippen molar-refractivity contribution in [3.8, 4) is 0 Å². The van der Waals surface area contributed by atoms with Crippen molar-refractivity contribution in [2.75, 3.05) is 18.1 Å². The molecule has 1 saturated heterocycles. The Balaban J connectivity index is 1.93. The van der Waals surface area contributed by atoms with Crippen LogP contribution in [0.2, 0.25) is 5.02 Å². The van der Waals surface area contributed by atoms with Gasteiger partial charge in [0.05, 0.1) is 10.6 Å². The van der Waals surface area contributed by atoms with Crippen LogP contribution < -0.4 is 4.90 Å². The molecule has 1 aliphatic rings. The highest BCUT2D eigenvalue weighted by atomic mass is 35.5. The summed E-state index contributed by atoms with van der Waals surface area (Å²) in [6.07, 6.45) is 1.30. The van der Waals surface area contributed by atoms with Gasteiger partial charge in [-0.15, -0.1) is 0 Å². The number of aryl methyl sites for hydroxylation is 1. The van der Waals surface area contributed by atoms with Gasteiger partial charge in [0.2, 0.25) is 5.91 Å². The second-order valence-corrected chi connectivity index (χ2v) is 5.82. The summed E-state index contributed by atoms with van der Waals surface area (Å²) in [6.45, 7) is 2.51. The standard InChI is InChI=1S/C16H16ClN3O3/c1-11-9-14(18-23-11)20(10-19-8-4-7-15(19)21)16(22)12-5-2-3-6-13(12)17/h2-3,5-6,9H,4,7-8,10H2,1H3. The molecule has 1 fully saturated rings. The van der Waals surface area contributed by atoms with Crippen LogP contribution in [0.5, 0.6) is 0 Å². The highest BCUT2D eigenvalue weighted by Crippen LogP contribution is 2.23. The molecule has 0 aliphatic carbocycles. The van der Waals surface area contributed by atoms with Gasteiger partial charge in [-0.25, -0.2) is 0 Å². The SMILES string of the molecule is Cc1cc(N(CN2CCCC2=O)C(=O)c2ccccc2Cl)no1. The largest absolute Gasteiger partial charge is 0.360 e. The Morgan fingerprint density at radius 3 is 2.83 bits per heavy atom. The smallest absolute Gasteiger partial charge is 0.262 e. The molecule has 3 rings (SSSR count). The number of nitrogens with zero attached hydrogens (tertiary/aromatic N) is 3. The van der Waals surface area contributed by atoms with E-state index in [1.807, 2.05) is 0 Å². The van der Waals surface area contributed by atoms with E-state index in [2.05, 4.69) is 5.16 Å². The number of carbonyl (C=O) groups is 2. The van der Waals surface area contributed by atoms with Gasteiger partial charge in [-0.2, -0.15) is 0 Å². The monoisotopic (exact) mass is 333 g/mol. The number of aromatic nitrogens is 1. The fourth-order valence-electron chi connectivity index (χ4n) is 2.53. The van der Waals surface area contributed by atoms with E-state index in [-0.39, 0.29) is 18.5 Å². The molecule has 7 heteroatoms. The van der Waals surface area contributed by atoms with Crippen LogP contribution in [0.15, 0.2) is 34.9 Å². The summed E-state index contributed by atoms with van der Waals surface area (Å²) in [4.78, 5) is 27.8. The molecule has 0 bridgehead atoms. The van der Waals surface area contributed by atoms with Crippen LogP contribution in [0.25, 0.3) is 0 Å². The average Bonchev–Trinajstić information content (AvgIpc) is 3.13. The van der Waals surface area contributed by atoms with E-state index >= 15 is 0 Å². The lowest BCUT2D eigenvalue weighted by Crippen LogP contribution is -2.42. The highest BCUT2D eigenvalue weighted by Gasteiger charge is 2.28. The zero-order valence-electron chi connectivity index (χ0n) is 12.7. The summed E-state index contributed by atoms with van der Waals surface area (Å²) < 4.78 is 5.07. The van der Waals surface area contributed by atoms with E-state index in [4.69, 9.17) is 16.1 Å². The Morgan fingerprint density at radius 1 is 1.43 bits per heavy atom. The number of amides is 2. The third kappa shape index (κ3) is 3.22. The van der Waals surface area contributed by atoms with Crippen molar-refractivity contribution >= 4 is 29.2 Å². The molecule has 2 heterocycles. The number of hydrogen-bond acceptors (Lipinski definition) is 4. The molecule has 120 valence electrons. The fraction of sp³-hybridized carbons (Fsp3) is 0.312. The second kappa shape index (κ2) is 6.42. The maximum atomic E-state index is 12.9. The van der Waals surface area contributed by atoms with Crippen molar-refractivity contribution in [1.29, 1.82) is 0 Å². The number of rotatable bonds is 4. The van der Waals surface area contributed by atoms with E-state index in [0.717, 1.165) is 6.42 Å². The predicted molar refractivity (Wildman–Crippen MR) is 85.3 cm³/mol. The predicted octanol–water partition coefficient (Wildman–Crippen LogP) is 2.86. The van der Waals surface area contributed by atoms with E-state index in [1.165, 1.54) is 4.90 Å². The molecule has 0 N–H and O–H groups in total. The zero-order valence-corrected chi connectivity index (χ0v) is 13.4. The molecule has 1 aliphatic heterocycles. The lowest BCUT2D eigenvalue weighted by atomic mass is 10.2. The number of likely N-dealkylation sites (tertiary alicyclic amines) is 1. The molecule has 2 amide bonds. The second-order valence-electron chi connectivity index (χ2n) is 5.41. The minimum Gasteiger partial charge on any atom is -0.360 e. The Bertz CT molecular complexity index is 744. The Kier molecular flexibility index (Phi) is 4.34. The van der Waals surface area contributed by atoms with Crippen LogP contribution in [-0.2, 0) is 4.79 Å². The van der Waals surface area contributed by atoms with Gasteiger partial charge in [-0.1, -0.05) is 28.9 Å². The Morgan fingerprint density at radius 2 is 2.22 bits per heavy atom. The van der Waals surface area contributed by atoms with Crippen molar-refractivity contribution in [1.82, 2.24) is 10.1 Å². The summed E-state index contributed by atoms with van der Waals surface area (Å²) >= 11 is 6.13. The van der Waals surface area contributed by atoms with Crippen molar-refractivity contribution in [3.05, 3.63) is 46.7 Å². The summed E-state index contributed by atoms with van der Waals surface area (Å²) in [5.74, 6) is 0.669. The molecule has 2 aromatic rings. The quantitative estimate of drug-likeness (QED) is 0.863. The number of hydrogen-bond donors (Lipinski definition) is 0. The van der Waals surface area contributed by atoms with Crippen LogP contribution in [0.3, 0.4) is 0 Å². The highest BCUT2D eigenvalue weighted by molar-refractivity contribution is 6.34. The minimum atomic E-state index is -0.316. The molecule has 1 aromatic heterocycles. The molecule has 0 unspecified atom stereocenters. The number of anilines is 1. The summed E-state index contributed by atoms with van der Waals surface area (Å²) in [7, 11) is 0. The molecule has 0 radical (unpaired) electrons. The Labute approximate surface area is 138 Å². The van der Waals surface area contributed by atoms with Crippen molar-refractivity contribution in [2.45, 2.75) is 19.8 Å². The summed E-state index contributed by atoms with van der Waals surface area (Å²) in [5, 5.41) is 4.27. The molecule has 1 aromatic carbocycles. The van der Waals surface area contributed by atoms with Crippen LogP contribution in [-0.4, -0.2) is 35.1 Å². The van der Waals surface area contributed by atoms with Crippen LogP contribution in [0.1, 0.15) is 29.0 Å². The van der Waals surface area contributed by atoms with Gasteiger partial charge < -0.3 is 9.42 Å². The normalized spacial score (nSPS) is 14.3. The van der Waals surface area contributed by atoms with Crippen molar-refractivity contribution in [3.63, 3.8) is 0 Å². The van der Waals surface area contributed by atoms with Crippen molar-refractivity contribution in [2.24, 2.45) is 0 Å². The first-order valence-corrected chi connectivity index (χ1v) is 7.71. The van der Waals surface area contributed by atoms with E-state index in [1.54, 1.807) is 42.2 Å². The van der Waals surface area contributed by atoms with Crippen LogP contribution >= 0.6 is 11.6 Å².